The molecule has 5 heteroatoms. The molecule has 1 rings (SSSR count). The van der Waals surface area contributed by atoms with Crippen molar-refractivity contribution in [3.63, 3.8) is 0 Å². The van der Waals surface area contributed by atoms with E-state index >= 15 is 0 Å². The minimum atomic E-state index is -0.389. The molecule has 0 unspecified atom stereocenters. The van der Waals surface area contributed by atoms with Crippen LogP contribution in [0, 0.1) is 0 Å². The predicted octanol–water partition coefficient (Wildman–Crippen LogP) is 1.12. The van der Waals surface area contributed by atoms with Crippen molar-refractivity contribution in [2.45, 2.75) is 6.54 Å². The molecule has 13 heavy (non-hydrogen) atoms. The topological polar surface area (TPSA) is 67.1 Å². The van der Waals surface area contributed by atoms with Gasteiger partial charge in [-0.25, -0.2) is 10.6 Å². The minimum absolute atomic E-state index is 0.389. The van der Waals surface area contributed by atoms with E-state index in [1.807, 2.05) is 29.7 Å². The summed E-state index contributed by atoms with van der Waals surface area (Å²) in [7, 11) is 0. The Morgan fingerprint density at radius 1 is 1.54 bits per heavy atom. The summed E-state index contributed by atoms with van der Waals surface area (Å²) in [6, 6.07) is 7.28. The van der Waals surface area contributed by atoms with Crippen molar-refractivity contribution in [3.8, 4) is 0 Å². The molecule has 0 heterocycles. The van der Waals surface area contributed by atoms with Gasteiger partial charge in [-0.15, -0.1) is 0 Å². The number of carbonyl (C=O) groups is 1. The maximum atomic E-state index is 10.7. The number of carbonyl (C=O) groups excluding carboxylic acids is 1. The van der Waals surface area contributed by atoms with Crippen LogP contribution in [0.5, 0.6) is 0 Å². The Bertz CT molecular complexity index is 303. The van der Waals surface area contributed by atoms with Crippen LogP contribution in [0.25, 0.3) is 0 Å². The number of rotatable bonds is 2. The van der Waals surface area contributed by atoms with Gasteiger partial charge in [0.25, 0.3) is 0 Å². The van der Waals surface area contributed by atoms with Gasteiger partial charge < -0.3 is 5.32 Å². The molecule has 0 spiro atoms. The Hall–Kier alpha value is -1.07. The van der Waals surface area contributed by atoms with Crippen LogP contribution in [-0.4, -0.2) is 6.03 Å². The Morgan fingerprint density at radius 3 is 2.92 bits per heavy atom. The van der Waals surface area contributed by atoms with Crippen molar-refractivity contribution in [1.29, 1.82) is 0 Å². The van der Waals surface area contributed by atoms with Gasteiger partial charge in [-0.05, 0) is 17.7 Å². The van der Waals surface area contributed by atoms with Crippen LogP contribution >= 0.6 is 15.9 Å². The third kappa shape index (κ3) is 3.43. The Morgan fingerprint density at radius 2 is 2.31 bits per heavy atom. The molecule has 0 radical (unpaired) electrons. The van der Waals surface area contributed by atoms with Crippen LogP contribution in [0.4, 0.5) is 4.79 Å². The van der Waals surface area contributed by atoms with Gasteiger partial charge in [0.2, 0.25) is 0 Å². The molecule has 0 aliphatic heterocycles. The maximum absolute atomic E-state index is 10.7. The van der Waals surface area contributed by atoms with E-state index in [1.165, 1.54) is 0 Å². The first kappa shape index (κ1) is 10.0. The van der Waals surface area contributed by atoms with E-state index < -0.39 is 0 Å². The summed E-state index contributed by atoms with van der Waals surface area (Å²) in [5, 5.41) is 2.58. The monoisotopic (exact) mass is 243 g/mol. The zero-order valence-corrected chi connectivity index (χ0v) is 8.47. The summed E-state index contributed by atoms with van der Waals surface area (Å²) in [4.78, 5) is 10.7. The third-order valence-corrected chi connectivity index (χ3v) is 1.97. The van der Waals surface area contributed by atoms with Gasteiger partial charge in [-0.1, -0.05) is 28.1 Å². The van der Waals surface area contributed by atoms with Gasteiger partial charge in [0.1, 0.15) is 0 Å². The molecular formula is C8H10BrN3O. The summed E-state index contributed by atoms with van der Waals surface area (Å²) < 4.78 is 0.986. The first-order valence-corrected chi connectivity index (χ1v) is 4.50. The second-order valence-electron chi connectivity index (χ2n) is 2.46. The first-order valence-electron chi connectivity index (χ1n) is 3.71. The van der Waals surface area contributed by atoms with Crippen LogP contribution in [-0.2, 0) is 6.54 Å². The molecule has 1 aromatic rings. The second-order valence-corrected chi connectivity index (χ2v) is 3.37. The lowest BCUT2D eigenvalue weighted by atomic mass is 10.2. The SMILES string of the molecule is NNC(=O)NCc1cccc(Br)c1. The number of nitrogens with one attached hydrogen (secondary N) is 2. The van der Waals surface area contributed by atoms with Crippen molar-refractivity contribution < 1.29 is 4.79 Å². The number of nitrogens with two attached hydrogens (primary N) is 1. The fourth-order valence-corrected chi connectivity index (χ4v) is 1.33. The molecule has 0 fully saturated rings. The number of amides is 2. The van der Waals surface area contributed by atoms with Crippen molar-refractivity contribution in [2.24, 2.45) is 5.84 Å². The molecule has 0 atom stereocenters. The summed E-state index contributed by atoms with van der Waals surface area (Å²) in [5.74, 6) is 4.89. The molecular weight excluding hydrogens is 234 g/mol. The van der Waals surface area contributed by atoms with Crippen LogP contribution in [0.1, 0.15) is 5.56 Å². The van der Waals surface area contributed by atoms with E-state index in [0.29, 0.717) is 6.54 Å². The van der Waals surface area contributed by atoms with Crippen molar-refractivity contribution in [2.75, 3.05) is 0 Å². The van der Waals surface area contributed by atoms with E-state index in [9.17, 15) is 4.79 Å². The Balaban J connectivity index is 2.50. The molecule has 0 aromatic heterocycles. The standard InChI is InChI=1S/C8H10BrN3O/c9-7-3-1-2-6(4-7)5-11-8(13)12-10/h1-4H,5,10H2,(H2,11,12,13). The summed E-state index contributed by atoms with van der Waals surface area (Å²) in [6.07, 6.45) is 0. The van der Waals surface area contributed by atoms with Crippen LogP contribution in [0.2, 0.25) is 0 Å². The average Bonchev–Trinajstić information content (AvgIpc) is 2.14. The van der Waals surface area contributed by atoms with Gasteiger partial charge in [-0.3, -0.25) is 5.43 Å². The molecule has 70 valence electrons. The van der Waals surface area contributed by atoms with Gasteiger partial charge in [-0.2, -0.15) is 0 Å². The molecule has 0 saturated carbocycles. The van der Waals surface area contributed by atoms with E-state index in [2.05, 4.69) is 21.2 Å². The lowest BCUT2D eigenvalue weighted by molar-refractivity contribution is 0.241. The number of halogens is 1. The molecule has 4 N–H and O–H groups in total. The number of hydrogen-bond donors (Lipinski definition) is 3. The molecule has 2 amide bonds. The lowest BCUT2D eigenvalue weighted by Gasteiger charge is -2.03. The normalized spacial score (nSPS) is 9.38. The largest absolute Gasteiger partial charge is 0.333 e. The molecule has 0 saturated heterocycles. The van der Waals surface area contributed by atoms with E-state index in [0.717, 1.165) is 10.0 Å². The van der Waals surface area contributed by atoms with Gasteiger partial charge in [0.05, 0.1) is 0 Å². The van der Waals surface area contributed by atoms with Crippen molar-refractivity contribution in [1.82, 2.24) is 10.7 Å². The zero-order valence-electron chi connectivity index (χ0n) is 6.88. The van der Waals surface area contributed by atoms with Gasteiger partial charge in [0.15, 0.2) is 0 Å². The van der Waals surface area contributed by atoms with E-state index in [-0.39, 0.29) is 6.03 Å². The highest BCUT2D eigenvalue weighted by Gasteiger charge is 1.97. The maximum Gasteiger partial charge on any atom is 0.329 e. The van der Waals surface area contributed by atoms with Crippen molar-refractivity contribution >= 4 is 22.0 Å². The average molecular weight is 244 g/mol. The van der Waals surface area contributed by atoms with Gasteiger partial charge in [0, 0.05) is 11.0 Å². The van der Waals surface area contributed by atoms with E-state index in [1.54, 1.807) is 0 Å². The second kappa shape index (κ2) is 4.84. The highest BCUT2D eigenvalue weighted by Crippen LogP contribution is 2.10. The molecule has 0 aliphatic rings. The predicted molar refractivity (Wildman–Crippen MR) is 53.7 cm³/mol. The third-order valence-electron chi connectivity index (χ3n) is 1.47. The van der Waals surface area contributed by atoms with Gasteiger partial charge >= 0.3 is 6.03 Å². The van der Waals surface area contributed by atoms with Crippen LogP contribution in [0.3, 0.4) is 0 Å². The fraction of sp³-hybridized carbons (Fsp3) is 0.125. The highest BCUT2D eigenvalue weighted by atomic mass is 79.9. The van der Waals surface area contributed by atoms with E-state index in [4.69, 9.17) is 5.84 Å². The fourth-order valence-electron chi connectivity index (χ4n) is 0.880. The zero-order chi connectivity index (χ0) is 9.68. The number of benzene rings is 1. The van der Waals surface area contributed by atoms with Crippen molar-refractivity contribution in [3.05, 3.63) is 34.3 Å². The number of hydrogen-bond acceptors (Lipinski definition) is 2. The first-order chi connectivity index (χ1) is 6.22. The molecule has 1 aromatic carbocycles. The summed E-state index contributed by atoms with van der Waals surface area (Å²) >= 11 is 3.33. The quantitative estimate of drug-likeness (QED) is 0.414. The minimum Gasteiger partial charge on any atom is -0.333 e. The summed E-state index contributed by atoms with van der Waals surface area (Å²) in [5.41, 5.74) is 3.00. The molecule has 0 aliphatic carbocycles. The molecule has 0 bridgehead atoms. The number of urea groups is 1. The van der Waals surface area contributed by atoms with Crippen LogP contribution < -0.4 is 16.6 Å². The number of hydrazine groups is 1. The smallest absolute Gasteiger partial charge is 0.329 e. The lowest BCUT2D eigenvalue weighted by Crippen LogP contribution is -2.39. The summed E-state index contributed by atoms with van der Waals surface area (Å²) in [6.45, 7) is 0.461. The van der Waals surface area contributed by atoms with Crippen LogP contribution in [0.15, 0.2) is 28.7 Å². The Labute approximate surface area is 84.6 Å². The Kier molecular flexibility index (Phi) is 3.72. The highest BCUT2D eigenvalue weighted by molar-refractivity contribution is 9.10. The molecule has 4 nitrogen and oxygen atoms in total.